The van der Waals surface area contributed by atoms with Crippen molar-refractivity contribution in [3.63, 3.8) is 0 Å². The lowest BCUT2D eigenvalue weighted by atomic mass is 10.1. The summed E-state index contributed by atoms with van der Waals surface area (Å²) in [6.45, 7) is 4.52. The van der Waals surface area contributed by atoms with Gasteiger partial charge in [-0.2, -0.15) is 10.4 Å². The second-order valence-electron chi connectivity index (χ2n) is 4.60. The van der Waals surface area contributed by atoms with Crippen molar-refractivity contribution < 1.29 is 4.39 Å². The number of nitrogens with zero attached hydrogens (tertiary/aromatic N) is 3. The predicted octanol–water partition coefficient (Wildman–Crippen LogP) is 2.65. The molecular formula is C15H17FN4. The van der Waals surface area contributed by atoms with E-state index in [1.165, 1.54) is 6.07 Å². The highest BCUT2D eigenvalue weighted by molar-refractivity contribution is 5.48. The third kappa shape index (κ3) is 2.50. The Morgan fingerprint density at radius 3 is 2.70 bits per heavy atom. The Hall–Kier alpha value is -2.35. The predicted molar refractivity (Wildman–Crippen MR) is 75.6 cm³/mol. The van der Waals surface area contributed by atoms with E-state index in [4.69, 9.17) is 11.0 Å². The Bertz CT molecular complexity index is 667. The first kappa shape index (κ1) is 14.1. The molecule has 20 heavy (non-hydrogen) atoms. The maximum Gasteiger partial charge on any atom is 0.140 e. The summed E-state index contributed by atoms with van der Waals surface area (Å²) in [6.07, 6.45) is 1.56. The molecule has 0 unspecified atom stereocenters. The number of aromatic nitrogens is 2. The molecular weight excluding hydrogens is 255 g/mol. The SMILES string of the molecule is CCc1nn(Cc2ccc(F)c(C#N)c2)c(CC)c1N. The summed E-state index contributed by atoms with van der Waals surface area (Å²) in [5, 5.41) is 13.4. The monoisotopic (exact) mass is 272 g/mol. The van der Waals surface area contributed by atoms with Gasteiger partial charge in [0, 0.05) is 0 Å². The smallest absolute Gasteiger partial charge is 0.140 e. The number of nitrogen functional groups attached to an aromatic ring is 1. The van der Waals surface area contributed by atoms with Crippen LogP contribution in [0.2, 0.25) is 0 Å². The van der Waals surface area contributed by atoms with Gasteiger partial charge in [-0.25, -0.2) is 4.39 Å². The van der Waals surface area contributed by atoms with Gasteiger partial charge in [-0.3, -0.25) is 4.68 Å². The molecule has 2 aromatic rings. The molecule has 4 nitrogen and oxygen atoms in total. The molecule has 0 saturated heterocycles. The number of aryl methyl sites for hydroxylation is 1. The number of hydrogen-bond donors (Lipinski definition) is 1. The van der Waals surface area contributed by atoms with E-state index in [-0.39, 0.29) is 5.56 Å². The van der Waals surface area contributed by atoms with E-state index in [9.17, 15) is 4.39 Å². The third-order valence-electron chi connectivity index (χ3n) is 3.33. The summed E-state index contributed by atoms with van der Waals surface area (Å²) in [4.78, 5) is 0. The highest BCUT2D eigenvalue weighted by atomic mass is 19.1. The van der Waals surface area contributed by atoms with Crippen molar-refractivity contribution in [2.75, 3.05) is 5.73 Å². The average molecular weight is 272 g/mol. The third-order valence-corrected chi connectivity index (χ3v) is 3.33. The van der Waals surface area contributed by atoms with E-state index >= 15 is 0 Å². The maximum atomic E-state index is 13.3. The zero-order chi connectivity index (χ0) is 14.7. The van der Waals surface area contributed by atoms with Crippen LogP contribution in [0.3, 0.4) is 0 Å². The minimum Gasteiger partial charge on any atom is -0.396 e. The van der Waals surface area contributed by atoms with Gasteiger partial charge in [0.15, 0.2) is 0 Å². The first-order valence-electron chi connectivity index (χ1n) is 6.63. The van der Waals surface area contributed by atoms with Gasteiger partial charge in [0.25, 0.3) is 0 Å². The number of rotatable bonds is 4. The first-order valence-corrected chi connectivity index (χ1v) is 6.63. The van der Waals surface area contributed by atoms with Crippen LogP contribution in [0.15, 0.2) is 18.2 Å². The number of benzene rings is 1. The Morgan fingerprint density at radius 2 is 2.10 bits per heavy atom. The van der Waals surface area contributed by atoms with Crippen molar-refractivity contribution in [1.29, 1.82) is 5.26 Å². The zero-order valence-corrected chi connectivity index (χ0v) is 11.7. The quantitative estimate of drug-likeness (QED) is 0.930. The second kappa shape index (κ2) is 5.74. The van der Waals surface area contributed by atoms with Gasteiger partial charge < -0.3 is 5.73 Å². The molecule has 0 aliphatic heterocycles. The standard InChI is InChI=1S/C15H17FN4/c1-3-13-15(18)14(4-2)20(19-13)9-10-5-6-12(16)11(7-10)8-17/h5-7H,3-4,9,18H2,1-2H3. The lowest BCUT2D eigenvalue weighted by Gasteiger charge is -2.07. The van der Waals surface area contributed by atoms with Gasteiger partial charge >= 0.3 is 0 Å². The molecule has 0 amide bonds. The minimum atomic E-state index is -0.499. The van der Waals surface area contributed by atoms with Crippen molar-refractivity contribution >= 4 is 5.69 Å². The number of nitriles is 1. The van der Waals surface area contributed by atoms with Crippen molar-refractivity contribution in [3.8, 4) is 6.07 Å². The van der Waals surface area contributed by atoms with E-state index < -0.39 is 5.82 Å². The highest BCUT2D eigenvalue weighted by Gasteiger charge is 2.13. The van der Waals surface area contributed by atoms with Crippen molar-refractivity contribution in [2.24, 2.45) is 0 Å². The molecule has 0 aliphatic rings. The van der Waals surface area contributed by atoms with Crippen molar-refractivity contribution in [2.45, 2.75) is 33.2 Å². The Labute approximate surface area is 117 Å². The van der Waals surface area contributed by atoms with Crippen molar-refractivity contribution in [3.05, 3.63) is 46.5 Å². The molecule has 0 radical (unpaired) electrons. The van der Waals surface area contributed by atoms with Crippen LogP contribution in [-0.2, 0) is 19.4 Å². The molecule has 0 spiro atoms. The van der Waals surface area contributed by atoms with Crippen molar-refractivity contribution in [1.82, 2.24) is 9.78 Å². The van der Waals surface area contributed by atoms with E-state index in [0.29, 0.717) is 6.54 Å². The summed E-state index contributed by atoms with van der Waals surface area (Å²) in [5.74, 6) is -0.499. The molecule has 5 heteroatoms. The van der Waals surface area contributed by atoms with E-state index in [1.54, 1.807) is 12.1 Å². The molecule has 0 aliphatic carbocycles. The molecule has 2 rings (SSSR count). The van der Waals surface area contributed by atoms with Crippen LogP contribution >= 0.6 is 0 Å². The second-order valence-corrected chi connectivity index (χ2v) is 4.60. The number of anilines is 1. The fourth-order valence-electron chi connectivity index (χ4n) is 2.26. The van der Waals surface area contributed by atoms with Gasteiger partial charge in [0.1, 0.15) is 11.9 Å². The summed E-state index contributed by atoms with van der Waals surface area (Å²) in [7, 11) is 0. The van der Waals surface area contributed by atoms with Crippen LogP contribution < -0.4 is 5.73 Å². The fourth-order valence-corrected chi connectivity index (χ4v) is 2.26. The van der Waals surface area contributed by atoms with Gasteiger partial charge in [-0.1, -0.05) is 19.9 Å². The molecule has 0 fully saturated rings. The van der Waals surface area contributed by atoms with Crippen LogP contribution in [0.5, 0.6) is 0 Å². The van der Waals surface area contributed by atoms with Crippen LogP contribution in [0.4, 0.5) is 10.1 Å². The van der Waals surface area contributed by atoms with E-state index in [0.717, 1.165) is 35.5 Å². The van der Waals surface area contributed by atoms with Gasteiger partial charge in [-0.05, 0) is 30.5 Å². The first-order chi connectivity index (χ1) is 9.60. The molecule has 1 aromatic carbocycles. The molecule has 1 heterocycles. The molecule has 0 atom stereocenters. The van der Waals surface area contributed by atoms with E-state index in [1.807, 2.05) is 24.6 Å². The topological polar surface area (TPSA) is 67.6 Å². The average Bonchev–Trinajstić information content (AvgIpc) is 2.76. The largest absolute Gasteiger partial charge is 0.396 e. The normalized spacial score (nSPS) is 10.5. The molecule has 0 saturated carbocycles. The summed E-state index contributed by atoms with van der Waals surface area (Å²) in [6, 6.07) is 6.38. The van der Waals surface area contributed by atoms with Gasteiger partial charge in [0.2, 0.25) is 0 Å². The lowest BCUT2D eigenvalue weighted by molar-refractivity contribution is 0.616. The molecule has 104 valence electrons. The summed E-state index contributed by atoms with van der Waals surface area (Å²) in [5.41, 5.74) is 9.54. The molecule has 2 N–H and O–H groups in total. The Balaban J connectivity index is 2.37. The maximum absolute atomic E-state index is 13.3. The van der Waals surface area contributed by atoms with Gasteiger partial charge in [0.05, 0.1) is 29.2 Å². The van der Waals surface area contributed by atoms with Crippen LogP contribution in [-0.4, -0.2) is 9.78 Å². The summed E-state index contributed by atoms with van der Waals surface area (Å²) < 4.78 is 15.1. The highest BCUT2D eigenvalue weighted by Crippen LogP contribution is 2.20. The van der Waals surface area contributed by atoms with E-state index in [2.05, 4.69) is 5.10 Å². The number of halogens is 1. The molecule has 0 bridgehead atoms. The van der Waals surface area contributed by atoms with Gasteiger partial charge in [-0.15, -0.1) is 0 Å². The Morgan fingerprint density at radius 1 is 1.35 bits per heavy atom. The van der Waals surface area contributed by atoms with Crippen LogP contribution in [0.1, 0.15) is 36.4 Å². The van der Waals surface area contributed by atoms with Crippen LogP contribution in [0, 0.1) is 17.1 Å². The zero-order valence-electron chi connectivity index (χ0n) is 11.7. The molecule has 1 aromatic heterocycles. The number of nitrogens with two attached hydrogens (primary N) is 1. The Kier molecular flexibility index (Phi) is 4.04. The fraction of sp³-hybridized carbons (Fsp3) is 0.333. The number of hydrogen-bond acceptors (Lipinski definition) is 3. The van der Waals surface area contributed by atoms with Crippen LogP contribution in [0.25, 0.3) is 0 Å². The minimum absolute atomic E-state index is 0.0522. The summed E-state index contributed by atoms with van der Waals surface area (Å²) >= 11 is 0. The lowest BCUT2D eigenvalue weighted by Crippen LogP contribution is -2.07.